The standard InChI is InChI=1S/C14H15BrF2O4/c1-14(2,17)11(10(12(18)19)13(20)21-3)7-4-8(15)6-9(16)5-7/h4-6,10-11H,1-3H3,(H,18,19)/t10-,11?/m1/s1. The maximum Gasteiger partial charge on any atom is 0.320 e. The van der Waals surface area contributed by atoms with Crippen LogP contribution in [0.2, 0.25) is 0 Å². The smallest absolute Gasteiger partial charge is 0.320 e. The Labute approximate surface area is 129 Å². The van der Waals surface area contributed by atoms with Crippen molar-refractivity contribution in [2.75, 3.05) is 7.11 Å². The fourth-order valence-electron chi connectivity index (χ4n) is 2.25. The van der Waals surface area contributed by atoms with Crippen molar-refractivity contribution in [1.29, 1.82) is 0 Å². The Morgan fingerprint density at radius 2 is 1.90 bits per heavy atom. The van der Waals surface area contributed by atoms with Crippen molar-refractivity contribution < 1.29 is 28.2 Å². The molecule has 0 amide bonds. The maximum absolute atomic E-state index is 14.5. The summed E-state index contributed by atoms with van der Waals surface area (Å²) in [6.07, 6.45) is 0. The lowest BCUT2D eigenvalue weighted by molar-refractivity contribution is -0.160. The first-order valence-electron chi connectivity index (χ1n) is 6.03. The van der Waals surface area contributed by atoms with Crippen molar-refractivity contribution in [1.82, 2.24) is 0 Å². The Kier molecular flexibility index (Phi) is 5.44. The largest absolute Gasteiger partial charge is 0.481 e. The number of halogens is 3. The number of carbonyl (C=O) groups excluding carboxylic acids is 1. The summed E-state index contributed by atoms with van der Waals surface area (Å²) in [5.41, 5.74) is -2.02. The first-order valence-corrected chi connectivity index (χ1v) is 6.82. The summed E-state index contributed by atoms with van der Waals surface area (Å²) >= 11 is 3.06. The minimum absolute atomic E-state index is 0.0622. The molecule has 1 N–H and O–H groups in total. The average Bonchev–Trinajstić information content (AvgIpc) is 2.31. The number of benzene rings is 1. The van der Waals surface area contributed by atoms with Crippen LogP contribution in [0.25, 0.3) is 0 Å². The highest BCUT2D eigenvalue weighted by atomic mass is 79.9. The van der Waals surface area contributed by atoms with Crippen LogP contribution in [0.5, 0.6) is 0 Å². The molecule has 1 unspecified atom stereocenters. The van der Waals surface area contributed by atoms with Crippen LogP contribution in [0.3, 0.4) is 0 Å². The summed E-state index contributed by atoms with van der Waals surface area (Å²) in [4.78, 5) is 23.1. The van der Waals surface area contributed by atoms with Crippen LogP contribution >= 0.6 is 15.9 Å². The van der Waals surface area contributed by atoms with Gasteiger partial charge in [-0.1, -0.05) is 15.9 Å². The van der Waals surface area contributed by atoms with Crippen molar-refractivity contribution in [3.63, 3.8) is 0 Å². The molecule has 0 radical (unpaired) electrons. The number of hydrogen-bond acceptors (Lipinski definition) is 3. The zero-order valence-corrected chi connectivity index (χ0v) is 13.3. The minimum Gasteiger partial charge on any atom is -0.481 e. The molecule has 0 saturated heterocycles. The van der Waals surface area contributed by atoms with E-state index in [4.69, 9.17) is 0 Å². The first kappa shape index (κ1) is 17.6. The number of rotatable bonds is 5. The lowest BCUT2D eigenvalue weighted by Gasteiger charge is -2.31. The van der Waals surface area contributed by atoms with Gasteiger partial charge < -0.3 is 9.84 Å². The fraction of sp³-hybridized carbons (Fsp3) is 0.429. The van der Waals surface area contributed by atoms with Gasteiger partial charge in [-0.05, 0) is 37.6 Å². The number of hydrogen-bond donors (Lipinski definition) is 1. The molecule has 0 aliphatic rings. The minimum atomic E-state index is -2.08. The lowest BCUT2D eigenvalue weighted by Crippen LogP contribution is -2.40. The van der Waals surface area contributed by atoms with Crippen LogP contribution in [0.1, 0.15) is 25.3 Å². The van der Waals surface area contributed by atoms with Crippen molar-refractivity contribution in [2.45, 2.75) is 25.4 Å². The molecule has 0 saturated carbocycles. The van der Waals surface area contributed by atoms with E-state index in [2.05, 4.69) is 20.7 Å². The van der Waals surface area contributed by atoms with E-state index in [1.54, 1.807) is 0 Å². The number of methoxy groups -OCH3 is 1. The predicted molar refractivity (Wildman–Crippen MR) is 75.2 cm³/mol. The molecule has 0 aromatic heterocycles. The number of alkyl halides is 1. The van der Waals surface area contributed by atoms with Gasteiger partial charge in [-0.25, -0.2) is 8.78 Å². The summed E-state index contributed by atoms with van der Waals surface area (Å²) in [7, 11) is 1.02. The van der Waals surface area contributed by atoms with E-state index in [0.717, 1.165) is 33.1 Å². The van der Waals surface area contributed by atoms with Gasteiger partial charge in [-0.3, -0.25) is 9.59 Å². The highest BCUT2D eigenvalue weighted by molar-refractivity contribution is 9.10. The molecule has 4 nitrogen and oxygen atoms in total. The second kappa shape index (κ2) is 6.51. The van der Waals surface area contributed by atoms with Gasteiger partial charge in [0.15, 0.2) is 5.92 Å². The normalized spacial score (nSPS) is 14.4. The van der Waals surface area contributed by atoms with Gasteiger partial charge in [0.25, 0.3) is 0 Å². The van der Waals surface area contributed by atoms with Crippen LogP contribution in [0, 0.1) is 11.7 Å². The number of esters is 1. The predicted octanol–water partition coefficient (Wildman–Crippen LogP) is 3.29. The van der Waals surface area contributed by atoms with Gasteiger partial charge in [0, 0.05) is 10.4 Å². The molecule has 116 valence electrons. The fourth-order valence-corrected chi connectivity index (χ4v) is 2.73. The first-order chi connectivity index (χ1) is 9.57. The monoisotopic (exact) mass is 364 g/mol. The molecule has 1 aromatic rings. The van der Waals surface area contributed by atoms with Gasteiger partial charge in [0.2, 0.25) is 0 Å². The van der Waals surface area contributed by atoms with E-state index in [1.807, 2.05) is 0 Å². The van der Waals surface area contributed by atoms with Gasteiger partial charge in [0.1, 0.15) is 11.5 Å². The van der Waals surface area contributed by atoms with Gasteiger partial charge in [-0.15, -0.1) is 0 Å². The van der Waals surface area contributed by atoms with Crippen molar-refractivity contribution in [3.8, 4) is 0 Å². The second-order valence-electron chi connectivity index (χ2n) is 5.08. The van der Waals surface area contributed by atoms with Crippen LogP contribution in [-0.2, 0) is 14.3 Å². The molecule has 1 rings (SSSR count). The van der Waals surface area contributed by atoms with Gasteiger partial charge in [-0.2, -0.15) is 0 Å². The summed E-state index contributed by atoms with van der Waals surface area (Å²) in [5.74, 6) is -6.45. The van der Waals surface area contributed by atoms with Crippen LogP contribution in [0.4, 0.5) is 8.78 Å². The number of carboxylic acid groups (broad SMARTS) is 1. The topological polar surface area (TPSA) is 63.6 Å². The van der Waals surface area contributed by atoms with Crippen molar-refractivity contribution in [2.24, 2.45) is 5.92 Å². The molecule has 1 aromatic carbocycles. The van der Waals surface area contributed by atoms with Crippen LogP contribution in [-0.4, -0.2) is 29.8 Å². The Morgan fingerprint density at radius 3 is 2.29 bits per heavy atom. The van der Waals surface area contributed by atoms with E-state index in [9.17, 15) is 23.5 Å². The zero-order chi connectivity index (χ0) is 16.4. The van der Waals surface area contributed by atoms with Gasteiger partial charge >= 0.3 is 11.9 Å². The summed E-state index contributed by atoms with van der Waals surface area (Å²) in [5, 5.41) is 9.24. The van der Waals surface area contributed by atoms with E-state index in [0.29, 0.717) is 4.47 Å². The molecule has 2 atom stereocenters. The molecular formula is C14H15BrF2O4. The van der Waals surface area contributed by atoms with Crippen LogP contribution in [0.15, 0.2) is 22.7 Å². The lowest BCUT2D eigenvalue weighted by atomic mass is 9.76. The molecule has 0 bridgehead atoms. The van der Waals surface area contributed by atoms with E-state index >= 15 is 0 Å². The molecule has 7 heteroatoms. The van der Waals surface area contributed by atoms with E-state index in [-0.39, 0.29) is 5.56 Å². The van der Waals surface area contributed by atoms with Crippen molar-refractivity contribution >= 4 is 27.9 Å². The summed E-state index contributed by atoms with van der Waals surface area (Å²) in [6.45, 7) is 2.27. The molecule has 21 heavy (non-hydrogen) atoms. The quantitative estimate of drug-likeness (QED) is 0.643. The zero-order valence-electron chi connectivity index (χ0n) is 11.7. The third-order valence-electron chi connectivity index (χ3n) is 3.04. The van der Waals surface area contributed by atoms with E-state index < -0.39 is 35.3 Å². The third-order valence-corrected chi connectivity index (χ3v) is 3.50. The van der Waals surface area contributed by atoms with E-state index in [1.165, 1.54) is 6.07 Å². The maximum atomic E-state index is 14.5. The molecule has 0 fully saturated rings. The Morgan fingerprint density at radius 1 is 1.33 bits per heavy atom. The van der Waals surface area contributed by atoms with Crippen LogP contribution < -0.4 is 0 Å². The molecule has 0 spiro atoms. The summed E-state index contributed by atoms with van der Waals surface area (Å²) in [6, 6.07) is 3.54. The average molecular weight is 365 g/mol. The number of ether oxygens (including phenoxy) is 1. The van der Waals surface area contributed by atoms with Crippen molar-refractivity contribution in [3.05, 3.63) is 34.1 Å². The number of aliphatic carboxylic acids is 1. The van der Waals surface area contributed by atoms with Gasteiger partial charge in [0.05, 0.1) is 7.11 Å². The molecular weight excluding hydrogens is 350 g/mol. The summed E-state index contributed by atoms with van der Waals surface area (Å²) < 4.78 is 32.8. The number of carbonyl (C=O) groups is 2. The second-order valence-corrected chi connectivity index (χ2v) is 6.00. The highest BCUT2D eigenvalue weighted by Gasteiger charge is 2.46. The Hall–Kier alpha value is -1.50. The highest BCUT2D eigenvalue weighted by Crippen LogP contribution is 2.39. The molecule has 0 heterocycles. The Balaban J connectivity index is 3.47. The molecule has 0 aliphatic heterocycles. The SMILES string of the molecule is COC(=O)[C@@H](C(=O)O)C(c1cc(F)cc(Br)c1)C(C)(C)F. The number of carboxylic acids is 1. The molecule has 0 aliphatic carbocycles. The Bertz CT molecular complexity index is 534. The third kappa shape index (κ3) is 4.23.